The van der Waals surface area contributed by atoms with Crippen molar-refractivity contribution < 1.29 is 8.78 Å². The monoisotopic (exact) mass is 339 g/mol. The summed E-state index contributed by atoms with van der Waals surface area (Å²) < 4.78 is 28.0. The summed E-state index contributed by atoms with van der Waals surface area (Å²) in [6, 6.07) is 11.1. The molecule has 0 bridgehead atoms. The van der Waals surface area contributed by atoms with Gasteiger partial charge in [-0.05, 0) is 36.7 Å². The number of benzene rings is 2. The first-order valence-electron chi connectivity index (χ1n) is 6.55. The Hall–Kier alpha value is -1.26. The molecule has 2 aromatic rings. The second kappa shape index (κ2) is 6.95. The first-order chi connectivity index (χ1) is 9.61. The van der Waals surface area contributed by atoms with Gasteiger partial charge >= 0.3 is 0 Å². The second-order valence-corrected chi connectivity index (χ2v) is 5.52. The molecule has 0 aromatic heterocycles. The Morgan fingerprint density at radius 1 is 1.10 bits per heavy atom. The van der Waals surface area contributed by atoms with Crippen LogP contribution in [0, 0.1) is 11.6 Å². The molecule has 0 fully saturated rings. The number of hydrogen-bond donors (Lipinski definition) is 1. The Morgan fingerprint density at radius 2 is 1.80 bits per heavy atom. The first-order valence-corrected chi connectivity index (χ1v) is 7.35. The quantitative estimate of drug-likeness (QED) is 0.823. The van der Waals surface area contributed by atoms with Crippen LogP contribution < -0.4 is 5.32 Å². The van der Waals surface area contributed by atoms with E-state index >= 15 is 0 Å². The van der Waals surface area contributed by atoms with E-state index in [1.807, 2.05) is 31.2 Å². The third kappa shape index (κ3) is 3.64. The largest absolute Gasteiger partial charge is 0.306 e. The van der Waals surface area contributed by atoms with Gasteiger partial charge in [-0.25, -0.2) is 8.78 Å². The van der Waals surface area contributed by atoms with E-state index in [1.165, 1.54) is 12.1 Å². The molecule has 2 rings (SSSR count). The Kier molecular flexibility index (Phi) is 5.26. The van der Waals surface area contributed by atoms with Crippen LogP contribution in [0.25, 0.3) is 0 Å². The van der Waals surface area contributed by atoms with E-state index in [1.54, 1.807) is 0 Å². The molecular weight excluding hydrogens is 324 g/mol. The van der Waals surface area contributed by atoms with Crippen LogP contribution in [-0.2, 0) is 0 Å². The Balaban J connectivity index is 2.38. The number of nitrogens with one attached hydrogen (secondary N) is 1. The lowest BCUT2D eigenvalue weighted by Gasteiger charge is -2.20. The third-order valence-corrected chi connectivity index (χ3v) is 3.60. The molecule has 0 saturated heterocycles. The Bertz CT molecular complexity index is 569. The van der Waals surface area contributed by atoms with Crippen molar-refractivity contribution in [2.24, 2.45) is 0 Å². The molecule has 1 unspecified atom stereocenters. The maximum atomic E-state index is 14.0. The molecule has 0 amide bonds. The van der Waals surface area contributed by atoms with E-state index in [-0.39, 0.29) is 6.04 Å². The van der Waals surface area contributed by atoms with Gasteiger partial charge in [-0.1, -0.05) is 41.1 Å². The summed E-state index contributed by atoms with van der Waals surface area (Å²) in [5.74, 6) is -1.09. The van der Waals surface area contributed by atoms with Crippen molar-refractivity contribution >= 4 is 15.9 Å². The van der Waals surface area contributed by atoms with Crippen molar-refractivity contribution in [3.05, 3.63) is 69.7 Å². The van der Waals surface area contributed by atoms with Crippen LogP contribution in [0.2, 0.25) is 0 Å². The molecule has 0 saturated carbocycles. The van der Waals surface area contributed by atoms with E-state index in [0.29, 0.717) is 5.56 Å². The minimum absolute atomic E-state index is 0.274. The van der Waals surface area contributed by atoms with Crippen molar-refractivity contribution in [3.8, 4) is 0 Å². The second-order valence-electron chi connectivity index (χ2n) is 4.60. The molecule has 0 heterocycles. The number of hydrogen-bond acceptors (Lipinski definition) is 1. The van der Waals surface area contributed by atoms with Gasteiger partial charge in [0.15, 0.2) is 0 Å². The van der Waals surface area contributed by atoms with Crippen LogP contribution in [0.1, 0.15) is 30.5 Å². The van der Waals surface area contributed by atoms with Crippen LogP contribution in [0.3, 0.4) is 0 Å². The van der Waals surface area contributed by atoms with Crippen molar-refractivity contribution in [2.45, 2.75) is 19.4 Å². The van der Waals surface area contributed by atoms with Crippen LogP contribution in [0.15, 0.2) is 46.9 Å². The van der Waals surface area contributed by atoms with Gasteiger partial charge in [0.1, 0.15) is 11.6 Å². The van der Waals surface area contributed by atoms with E-state index in [4.69, 9.17) is 0 Å². The van der Waals surface area contributed by atoms with Crippen molar-refractivity contribution in [1.82, 2.24) is 5.32 Å². The minimum atomic E-state index is -0.559. The smallest absolute Gasteiger partial charge is 0.131 e. The van der Waals surface area contributed by atoms with E-state index in [9.17, 15) is 8.78 Å². The normalized spacial score (nSPS) is 12.4. The van der Waals surface area contributed by atoms with Crippen LogP contribution in [-0.4, -0.2) is 6.54 Å². The molecule has 20 heavy (non-hydrogen) atoms. The summed E-state index contributed by atoms with van der Waals surface area (Å²) in [6.45, 7) is 2.81. The summed E-state index contributed by atoms with van der Waals surface area (Å²) in [5, 5.41) is 3.30. The molecule has 0 aliphatic carbocycles. The average molecular weight is 340 g/mol. The molecule has 4 heteroatoms. The molecular formula is C16H16BrF2N. The van der Waals surface area contributed by atoms with Gasteiger partial charge in [0.05, 0.1) is 6.04 Å². The average Bonchev–Trinajstić information content (AvgIpc) is 2.42. The maximum absolute atomic E-state index is 14.0. The van der Waals surface area contributed by atoms with Crippen LogP contribution >= 0.6 is 15.9 Å². The van der Waals surface area contributed by atoms with Gasteiger partial charge in [-0.2, -0.15) is 0 Å². The van der Waals surface area contributed by atoms with E-state index < -0.39 is 11.6 Å². The zero-order valence-corrected chi connectivity index (χ0v) is 12.8. The summed E-state index contributed by atoms with van der Waals surface area (Å²) in [5.41, 5.74) is 1.41. The zero-order valence-electron chi connectivity index (χ0n) is 11.2. The summed E-state index contributed by atoms with van der Waals surface area (Å²) in [6.07, 6.45) is 0.940. The summed E-state index contributed by atoms with van der Waals surface area (Å²) in [7, 11) is 0. The van der Waals surface area contributed by atoms with Gasteiger partial charge < -0.3 is 5.32 Å². The van der Waals surface area contributed by atoms with Crippen molar-refractivity contribution in [3.63, 3.8) is 0 Å². The summed E-state index contributed by atoms with van der Waals surface area (Å²) in [4.78, 5) is 0. The topological polar surface area (TPSA) is 12.0 Å². The first kappa shape index (κ1) is 15.1. The highest BCUT2D eigenvalue weighted by atomic mass is 79.9. The molecule has 1 nitrogen and oxygen atoms in total. The van der Waals surface area contributed by atoms with E-state index in [0.717, 1.165) is 29.1 Å². The summed E-state index contributed by atoms with van der Waals surface area (Å²) >= 11 is 3.38. The van der Waals surface area contributed by atoms with Crippen LogP contribution in [0.4, 0.5) is 8.78 Å². The maximum Gasteiger partial charge on any atom is 0.131 e. The van der Waals surface area contributed by atoms with Gasteiger partial charge in [-0.15, -0.1) is 0 Å². The lowest BCUT2D eigenvalue weighted by Crippen LogP contribution is -2.24. The van der Waals surface area contributed by atoms with Gasteiger partial charge in [0, 0.05) is 16.1 Å². The Labute approximate surface area is 126 Å². The fourth-order valence-electron chi connectivity index (χ4n) is 2.09. The number of halogens is 3. The number of rotatable bonds is 5. The molecule has 0 aliphatic rings. The van der Waals surface area contributed by atoms with Gasteiger partial charge in [-0.3, -0.25) is 0 Å². The lowest BCUT2D eigenvalue weighted by molar-refractivity contribution is 0.533. The molecule has 1 N–H and O–H groups in total. The zero-order chi connectivity index (χ0) is 14.5. The van der Waals surface area contributed by atoms with Crippen LogP contribution in [0.5, 0.6) is 0 Å². The predicted octanol–water partition coefficient (Wildman–Crippen LogP) is 4.82. The highest BCUT2D eigenvalue weighted by molar-refractivity contribution is 9.10. The predicted molar refractivity (Wildman–Crippen MR) is 80.6 cm³/mol. The highest BCUT2D eigenvalue weighted by Crippen LogP contribution is 2.26. The molecule has 0 spiro atoms. The minimum Gasteiger partial charge on any atom is -0.306 e. The van der Waals surface area contributed by atoms with Crippen molar-refractivity contribution in [1.29, 1.82) is 0 Å². The highest BCUT2D eigenvalue weighted by Gasteiger charge is 2.17. The van der Waals surface area contributed by atoms with Crippen molar-refractivity contribution in [2.75, 3.05) is 6.54 Å². The molecule has 106 valence electrons. The fraction of sp³-hybridized carbons (Fsp3) is 0.250. The third-order valence-electron chi connectivity index (χ3n) is 3.08. The van der Waals surface area contributed by atoms with Gasteiger partial charge in [0.25, 0.3) is 0 Å². The standard InChI is InChI=1S/C16H16BrF2N/c1-2-9-20-16(11-3-5-12(17)6-4-11)14-8-7-13(18)10-15(14)19/h3-8,10,16,20H,2,9H2,1H3. The molecule has 0 radical (unpaired) electrons. The lowest BCUT2D eigenvalue weighted by atomic mass is 9.98. The molecule has 2 aromatic carbocycles. The SMILES string of the molecule is CCCNC(c1ccc(Br)cc1)c1ccc(F)cc1F. The Morgan fingerprint density at radius 3 is 2.40 bits per heavy atom. The molecule has 1 atom stereocenters. The fourth-order valence-corrected chi connectivity index (χ4v) is 2.35. The van der Waals surface area contributed by atoms with Gasteiger partial charge in [0.2, 0.25) is 0 Å². The molecule has 0 aliphatic heterocycles. The van der Waals surface area contributed by atoms with E-state index in [2.05, 4.69) is 21.2 Å².